The van der Waals surface area contributed by atoms with Gasteiger partial charge in [-0.2, -0.15) is 0 Å². The van der Waals surface area contributed by atoms with Crippen molar-refractivity contribution in [3.8, 4) is 16.9 Å². The van der Waals surface area contributed by atoms with Gasteiger partial charge in [-0.05, 0) is 54.8 Å². The lowest BCUT2D eigenvalue weighted by molar-refractivity contribution is -0.122. The number of rotatable bonds is 5. The van der Waals surface area contributed by atoms with Crippen LogP contribution in [-0.2, 0) is 4.79 Å². The van der Waals surface area contributed by atoms with Crippen LogP contribution in [0.2, 0.25) is 0 Å². The van der Waals surface area contributed by atoms with Crippen molar-refractivity contribution in [1.29, 1.82) is 0 Å². The van der Waals surface area contributed by atoms with Gasteiger partial charge in [-0.3, -0.25) is 4.79 Å². The Hall–Kier alpha value is -3.07. The maximum atomic E-state index is 12.3. The van der Waals surface area contributed by atoms with Crippen molar-refractivity contribution in [2.24, 2.45) is 0 Å². The molecule has 0 aliphatic rings. The van der Waals surface area contributed by atoms with E-state index in [1.165, 1.54) is 0 Å². The van der Waals surface area contributed by atoms with Gasteiger partial charge in [0.05, 0.1) is 0 Å². The minimum atomic E-state index is -0.574. The van der Waals surface area contributed by atoms with Crippen LogP contribution in [0.25, 0.3) is 11.1 Å². The molecule has 3 heteroatoms. The van der Waals surface area contributed by atoms with Crippen molar-refractivity contribution < 1.29 is 9.53 Å². The Bertz CT molecular complexity index is 841. The average Bonchev–Trinajstić information content (AvgIpc) is 2.63. The zero-order valence-electron chi connectivity index (χ0n) is 14.4. The summed E-state index contributed by atoms with van der Waals surface area (Å²) in [6.07, 6.45) is -0.574. The fourth-order valence-electron chi connectivity index (χ4n) is 2.57. The fraction of sp³-hybridized carbons (Fsp3) is 0.136. The zero-order valence-corrected chi connectivity index (χ0v) is 14.4. The van der Waals surface area contributed by atoms with Crippen LogP contribution < -0.4 is 10.1 Å². The number of carbonyl (C=O) groups is 1. The summed E-state index contributed by atoms with van der Waals surface area (Å²) < 4.78 is 5.71. The second-order valence-electron chi connectivity index (χ2n) is 6.01. The molecule has 3 aromatic rings. The molecule has 0 unspecified atom stereocenters. The molecule has 0 bridgehead atoms. The SMILES string of the molecule is Cc1cccc(O[C@@H](C)C(=O)Nc2ccc(-c3ccccc3)cc2)c1. The summed E-state index contributed by atoms with van der Waals surface area (Å²) in [6.45, 7) is 3.74. The van der Waals surface area contributed by atoms with Crippen LogP contribution in [0.3, 0.4) is 0 Å². The lowest BCUT2D eigenvalue weighted by Gasteiger charge is -2.15. The summed E-state index contributed by atoms with van der Waals surface area (Å²) in [7, 11) is 0. The van der Waals surface area contributed by atoms with Crippen molar-refractivity contribution in [2.75, 3.05) is 5.32 Å². The predicted molar refractivity (Wildman–Crippen MR) is 102 cm³/mol. The molecule has 1 N–H and O–H groups in total. The normalized spacial score (nSPS) is 11.6. The van der Waals surface area contributed by atoms with Crippen LogP contribution in [0.15, 0.2) is 78.9 Å². The molecule has 1 atom stereocenters. The highest BCUT2D eigenvalue weighted by Gasteiger charge is 2.15. The predicted octanol–water partition coefficient (Wildman–Crippen LogP) is 5.07. The number of aryl methyl sites for hydroxylation is 1. The van der Waals surface area contributed by atoms with Gasteiger partial charge in [-0.25, -0.2) is 0 Å². The van der Waals surface area contributed by atoms with Gasteiger partial charge in [0.2, 0.25) is 0 Å². The second-order valence-corrected chi connectivity index (χ2v) is 6.01. The summed E-state index contributed by atoms with van der Waals surface area (Å²) in [5, 5.41) is 2.89. The minimum Gasteiger partial charge on any atom is -0.481 e. The molecule has 0 fully saturated rings. The highest BCUT2D eigenvalue weighted by Crippen LogP contribution is 2.21. The molecule has 0 aliphatic heterocycles. The van der Waals surface area contributed by atoms with E-state index in [0.717, 1.165) is 22.4 Å². The van der Waals surface area contributed by atoms with E-state index in [0.29, 0.717) is 5.75 Å². The van der Waals surface area contributed by atoms with E-state index >= 15 is 0 Å². The van der Waals surface area contributed by atoms with Gasteiger partial charge in [-0.15, -0.1) is 0 Å². The van der Waals surface area contributed by atoms with E-state index in [9.17, 15) is 4.79 Å². The molecule has 126 valence electrons. The number of ether oxygens (including phenoxy) is 1. The molecule has 0 saturated heterocycles. The van der Waals surface area contributed by atoms with Gasteiger partial charge in [0.25, 0.3) is 5.91 Å². The molecule has 3 nitrogen and oxygen atoms in total. The van der Waals surface area contributed by atoms with Crippen LogP contribution in [0.4, 0.5) is 5.69 Å². The number of benzene rings is 3. The fourth-order valence-corrected chi connectivity index (χ4v) is 2.57. The van der Waals surface area contributed by atoms with Crippen molar-refractivity contribution in [3.05, 3.63) is 84.4 Å². The summed E-state index contributed by atoms with van der Waals surface area (Å²) in [4.78, 5) is 12.3. The summed E-state index contributed by atoms with van der Waals surface area (Å²) >= 11 is 0. The number of hydrogen-bond donors (Lipinski definition) is 1. The number of hydrogen-bond acceptors (Lipinski definition) is 2. The van der Waals surface area contributed by atoms with Gasteiger partial charge in [-0.1, -0.05) is 54.6 Å². The molecule has 0 heterocycles. The average molecular weight is 331 g/mol. The largest absolute Gasteiger partial charge is 0.481 e. The molecule has 0 aromatic heterocycles. The van der Waals surface area contributed by atoms with Gasteiger partial charge in [0.1, 0.15) is 5.75 Å². The van der Waals surface area contributed by atoms with Crippen molar-refractivity contribution in [1.82, 2.24) is 0 Å². The second kappa shape index (κ2) is 7.67. The Morgan fingerprint density at radius 2 is 1.56 bits per heavy atom. The molecule has 3 aromatic carbocycles. The number of anilines is 1. The maximum Gasteiger partial charge on any atom is 0.265 e. The van der Waals surface area contributed by atoms with Gasteiger partial charge >= 0.3 is 0 Å². The number of carbonyl (C=O) groups excluding carboxylic acids is 1. The van der Waals surface area contributed by atoms with Gasteiger partial charge in [0, 0.05) is 5.69 Å². The van der Waals surface area contributed by atoms with Crippen LogP contribution >= 0.6 is 0 Å². The third-order valence-corrected chi connectivity index (χ3v) is 3.93. The summed E-state index contributed by atoms with van der Waals surface area (Å²) in [5.74, 6) is 0.524. The first-order valence-electron chi connectivity index (χ1n) is 8.31. The zero-order chi connectivity index (χ0) is 17.6. The molecule has 0 aliphatic carbocycles. The Kier molecular flexibility index (Phi) is 5.14. The van der Waals surface area contributed by atoms with E-state index in [2.05, 4.69) is 17.4 Å². The maximum absolute atomic E-state index is 12.3. The molecular formula is C22H21NO2. The van der Waals surface area contributed by atoms with E-state index in [1.807, 2.05) is 73.7 Å². The van der Waals surface area contributed by atoms with Crippen LogP contribution in [0.1, 0.15) is 12.5 Å². The molecular weight excluding hydrogens is 310 g/mol. The van der Waals surface area contributed by atoms with Crippen LogP contribution in [0, 0.1) is 6.92 Å². The summed E-state index contributed by atoms with van der Waals surface area (Å²) in [6, 6.07) is 25.6. The van der Waals surface area contributed by atoms with E-state index in [1.54, 1.807) is 6.92 Å². The molecule has 3 rings (SSSR count). The summed E-state index contributed by atoms with van der Waals surface area (Å²) in [5.41, 5.74) is 4.12. The lowest BCUT2D eigenvalue weighted by atomic mass is 10.1. The van der Waals surface area contributed by atoms with Crippen molar-refractivity contribution >= 4 is 11.6 Å². The third-order valence-electron chi connectivity index (χ3n) is 3.93. The van der Waals surface area contributed by atoms with E-state index in [-0.39, 0.29) is 5.91 Å². The highest BCUT2D eigenvalue weighted by atomic mass is 16.5. The van der Waals surface area contributed by atoms with E-state index in [4.69, 9.17) is 4.74 Å². The first kappa shape index (κ1) is 16.8. The Morgan fingerprint density at radius 1 is 0.880 bits per heavy atom. The Balaban J connectivity index is 1.62. The smallest absolute Gasteiger partial charge is 0.265 e. The Morgan fingerprint density at radius 3 is 2.24 bits per heavy atom. The molecule has 0 radical (unpaired) electrons. The lowest BCUT2D eigenvalue weighted by Crippen LogP contribution is -2.30. The molecule has 0 spiro atoms. The topological polar surface area (TPSA) is 38.3 Å². The monoisotopic (exact) mass is 331 g/mol. The molecule has 0 saturated carbocycles. The minimum absolute atomic E-state index is 0.172. The van der Waals surface area contributed by atoms with Gasteiger partial charge < -0.3 is 10.1 Å². The number of nitrogens with one attached hydrogen (secondary N) is 1. The van der Waals surface area contributed by atoms with Crippen molar-refractivity contribution in [2.45, 2.75) is 20.0 Å². The first-order valence-corrected chi connectivity index (χ1v) is 8.31. The third kappa shape index (κ3) is 4.48. The van der Waals surface area contributed by atoms with Gasteiger partial charge in [0.15, 0.2) is 6.10 Å². The Labute approximate surface area is 148 Å². The molecule has 1 amide bonds. The van der Waals surface area contributed by atoms with Crippen LogP contribution in [-0.4, -0.2) is 12.0 Å². The van der Waals surface area contributed by atoms with Crippen molar-refractivity contribution in [3.63, 3.8) is 0 Å². The molecule has 25 heavy (non-hydrogen) atoms. The van der Waals surface area contributed by atoms with E-state index < -0.39 is 6.10 Å². The first-order chi connectivity index (χ1) is 12.1. The quantitative estimate of drug-likeness (QED) is 0.709. The highest BCUT2D eigenvalue weighted by molar-refractivity contribution is 5.94. The van der Waals surface area contributed by atoms with Crippen LogP contribution in [0.5, 0.6) is 5.75 Å². The standard InChI is InChI=1S/C22H21NO2/c1-16-7-6-10-21(15-16)25-17(2)22(24)23-20-13-11-19(12-14-20)18-8-4-3-5-9-18/h3-15,17H,1-2H3,(H,23,24)/t17-/m0/s1. The number of amides is 1.